The van der Waals surface area contributed by atoms with Gasteiger partial charge < -0.3 is 5.73 Å². The zero-order valence-electron chi connectivity index (χ0n) is 9.58. The molecule has 1 unspecified atom stereocenters. The van der Waals surface area contributed by atoms with Gasteiger partial charge in [-0.15, -0.1) is 0 Å². The summed E-state index contributed by atoms with van der Waals surface area (Å²) in [4.78, 5) is 0. The molecular formula is C14H21N. The van der Waals surface area contributed by atoms with Gasteiger partial charge in [0.15, 0.2) is 0 Å². The Bertz CT molecular complexity index is 289. The van der Waals surface area contributed by atoms with E-state index in [0.29, 0.717) is 0 Å². The Morgan fingerprint density at radius 1 is 1.33 bits per heavy atom. The second kappa shape index (κ2) is 6.41. The summed E-state index contributed by atoms with van der Waals surface area (Å²) in [6.45, 7) is 6.15. The van der Waals surface area contributed by atoms with Crippen molar-refractivity contribution >= 4 is 0 Å². The molecule has 0 radical (unpaired) electrons. The van der Waals surface area contributed by atoms with Crippen LogP contribution < -0.4 is 5.73 Å². The predicted octanol–water partition coefficient (Wildman–Crippen LogP) is 3.82. The summed E-state index contributed by atoms with van der Waals surface area (Å²) in [6.07, 6.45) is 4.38. The molecule has 0 spiro atoms. The molecule has 0 aliphatic heterocycles. The molecule has 1 heteroatoms. The van der Waals surface area contributed by atoms with Crippen LogP contribution in [0.1, 0.15) is 44.2 Å². The van der Waals surface area contributed by atoms with Crippen molar-refractivity contribution in [3.63, 3.8) is 0 Å². The quantitative estimate of drug-likeness (QED) is 0.699. The minimum Gasteiger partial charge on any atom is -0.324 e. The molecule has 82 valence electrons. The maximum absolute atomic E-state index is 6.09. The zero-order chi connectivity index (χ0) is 11.1. The molecule has 0 bridgehead atoms. The minimum atomic E-state index is 0.177. The van der Waals surface area contributed by atoms with Crippen LogP contribution in [0.2, 0.25) is 0 Å². The number of rotatable bonds is 6. The van der Waals surface area contributed by atoms with Crippen LogP contribution in [0.5, 0.6) is 0 Å². The van der Waals surface area contributed by atoms with Crippen molar-refractivity contribution in [2.75, 3.05) is 0 Å². The van der Waals surface area contributed by atoms with Gasteiger partial charge in [0.25, 0.3) is 0 Å². The van der Waals surface area contributed by atoms with Gasteiger partial charge in [0.05, 0.1) is 0 Å². The van der Waals surface area contributed by atoms with Gasteiger partial charge in [-0.1, -0.05) is 49.4 Å². The van der Waals surface area contributed by atoms with Crippen molar-refractivity contribution in [1.82, 2.24) is 0 Å². The molecule has 0 fully saturated rings. The van der Waals surface area contributed by atoms with Crippen molar-refractivity contribution in [3.05, 3.63) is 48.0 Å². The lowest BCUT2D eigenvalue weighted by Gasteiger charge is -2.11. The average molecular weight is 203 g/mol. The first kappa shape index (κ1) is 12.0. The third-order valence-corrected chi connectivity index (χ3v) is 2.77. The molecule has 2 N–H and O–H groups in total. The average Bonchev–Trinajstić information content (AvgIpc) is 2.29. The fourth-order valence-electron chi connectivity index (χ4n) is 1.62. The van der Waals surface area contributed by atoms with E-state index in [-0.39, 0.29) is 6.04 Å². The Balaban J connectivity index is 2.31. The molecule has 0 aliphatic rings. The van der Waals surface area contributed by atoms with E-state index >= 15 is 0 Å². The van der Waals surface area contributed by atoms with Gasteiger partial charge in [-0.3, -0.25) is 0 Å². The molecule has 0 saturated heterocycles. The molecular weight excluding hydrogens is 182 g/mol. The van der Waals surface area contributed by atoms with Crippen molar-refractivity contribution in [2.24, 2.45) is 5.73 Å². The van der Waals surface area contributed by atoms with Crippen molar-refractivity contribution in [3.8, 4) is 0 Å². The third-order valence-electron chi connectivity index (χ3n) is 2.77. The topological polar surface area (TPSA) is 26.0 Å². The van der Waals surface area contributed by atoms with E-state index in [1.54, 1.807) is 0 Å². The van der Waals surface area contributed by atoms with Crippen LogP contribution >= 0.6 is 0 Å². The molecule has 1 aromatic carbocycles. The highest BCUT2D eigenvalue weighted by molar-refractivity contribution is 5.18. The maximum atomic E-state index is 6.09. The Hall–Kier alpha value is -1.08. The largest absolute Gasteiger partial charge is 0.324 e. The van der Waals surface area contributed by atoms with Crippen LogP contribution in [0.25, 0.3) is 0 Å². The van der Waals surface area contributed by atoms with Crippen molar-refractivity contribution < 1.29 is 0 Å². The number of benzene rings is 1. The predicted molar refractivity (Wildman–Crippen MR) is 66.7 cm³/mol. The van der Waals surface area contributed by atoms with Gasteiger partial charge in [-0.25, -0.2) is 0 Å². The molecule has 0 heterocycles. The van der Waals surface area contributed by atoms with E-state index in [2.05, 4.69) is 25.6 Å². The van der Waals surface area contributed by atoms with Gasteiger partial charge in [0, 0.05) is 6.04 Å². The first-order valence-electron chi connectivity index (χ1n) is 5.71. The van der Waals surface area contributed by atoms with Gasteiger partial charge in [-0.2, -0.15) is 0 Å². The summed E-state index contributed by atoms with van der Waals surface area (Å²) in [5, 5.41) is 0. The number of nitrogens with two attached hydrogens (primary N) is 1. The normalized spacial score (nSPS) is 12.4. The number of allylic oxidation sites excluding steroid dienone is 1. The van der Waals surface area contributed by atoms with E-state index in [1.165, 1.54) is 11.1 Å². The maximum Gasteiger partial charge on any atom is 0.0294 e. The molecule has 0 aromatic heterocycles. The molecule has 0 aliphatic carbocycles. The van der Waals surface area contributed by atoms with Crippen LogP contribution in [-0.4, -0.2) is 0 Å². The van der Waals surface area contributed by atoms with E-state index in [9.17, 15) is 0 Å². The van der Waals surface area contributed by atoms with Gasteiger partial charge in [-0.05, 0) is 31.2 Å². The van der Waals surface area contributed by atoms with Gasteiger partial charge >= 0.3 is 0 Å². The molecule has 0 saturated carbocycles. The highest BCUT2D eigenvalue weighted by Crippen LogP contribution is 2.18. The van der Waals surface area contributed by atoms with E-state index < -0.39 is 0 Å². The summed E-state index contributed by atoms with van der Waals surface area (Å²) in [5.74, 6) is 0. The van der Waals surface area contributed by atoms with Crippen molar-refractivity contribution in [2.45, 2.75) is 38.6 Å². The molecule has 1 rings (SSSR count). The second-order valence-electron chi connectivity index (χ2n) is 4.01. The van der Waals surface area contributed by atoms with Gasteiger partial charge in [0.1, 0.15) is 0 Å². The molecule has 15 heavy (non-hydrogen) atoms. The summed E-state index contributed by atoms with van der Waals surface area (Å²) in [5.41, 5.74) is 8.66. The first-order chi connectivity index (χ1) is 7.24. The van der Waals surface area contributed by atoms with Gasteiger partial charge in [0.2, 0.25) is 0 Å². The summed E-state index contributed by atoms with van der Waals surface area (Å²) in [7, 11) is 0. The lowest BCUT2D eigenvalue weighted by molar-refractivity contribution is 0.606. The van der Waals surface area contributed by atoms with Crippen molar-refractivity contribution in [1.29, 1.82) is 0 Å². The standard InChI is InChI=1S/C14H21N/c1-3-12(2)8-7-11-14(15)13-9-5-4-6-10-13/h4-6,9-10,14H,2-3,7-8,11,15H2,1H3. The lowest BCUT2D eigenvalue weighted by atomic mass is 10.00. The van der Waals surface area contributed by atoms with Crippen LogP contribution in [0.4, 0.5) is 0 Å². The highest BCUT2D eigenvalue weighted by atomic mass is 14.6. The van der Waals surface area contributed by atoms with E-state index in [0.717, 1.165) is 25.7 Å². The summed E-state index contributed by atoms with van der Waals surface area (Å²) >= 11 is 0. The molecule has 1 nitrogen and oxygen atoms in total. The monoisotopic (exact) mass is 203 g/mol. The molecule has 1 aromatic rings. The fourth-order valence-corrected chi connectivity index (χ4v) is 1.62. The van der Waals surface area contributed by atoms with Crippen LogP contribution in [0, 0.1) is 0 Å². The smallest absolute Gasteiger partial charge is 0.0294 e. The first-order valence-corrected chi connectivity index (χ1v) is 5.71. The van der Waals surface area contributed by atoms with E-state index in [4.69, 9.17) is 5.73 Å². The SMILES string of the molecule is C=C(CC)CCCC(N)c1ccccc1. The van der Waals surface area contributed by atoms with Crippen LogP contribution in [0.3, 0.4) is 0 Å². The molecule has 0 amide bonds. The Morgan fingerprint density at radius 3 is 2.60 bits per heavy atom. The third kappa shape index (κ3) is 4.30. The second-order valence-corrected chi connectivity index (χ2v) is 4.01. The Kier molecular flexibility index (Phi) is 5.13. The lowest BCUT2D eigenvalue weighted by Crippen LogP contribution is -2.09. The molecule has 1 atom stereocenters. The van der Waals surface area contributed by atoms with E-state index in [1.807, 2.05) is 18.2 Å². The summed E-state index contributed by atoms with van der Waals surface area (Å²) < 4.78 is 0. The summed E-state index contributed by atoms with van der Waals surface area (Å²) in [6, 6.07) is 10.5. The highest BCUT2D eigenvalue weighted by Gasteiger charge is 2.04. The van der Waals surface area contributed by atoms with Crippen LogP contribution in [-0.2, 0) is 0 Å². The zero-order valence-corrected chi connectivity index (χ0v) is 9.58. The minimum absolute atomic E-state index is 0.177. The number of hydrogen-bond acceptors (Lipinski definition) is 1. The Labute approximate surface area is 93.0 Å². The number of hydrogen-bond donors (Lipinski definition) is 1. The van der Waals surface area contributed by atoms with Crippen LogP contribution in [0.15, 0.2) is 42.5 Å². The fraction of sp³-hybridized carbons (Fsp3) is 0.429. The Morgan fingerprint density at radius 2 is 2.00 bits per heavy atom.